The summed E-state index contributed by atoms with van der Waals surface area (Å²) in [5.41, 5.74) is 0.448. The molecule has 1 aromatic rings. The van der Waals surface area contributed by atoms with Gasteiger partial charge in [-0.3, -0.25) is 4.79 Å². The molecule has 0 radical (unpaired) electrons. The van der Waals surface area contributed by atoms with Crippen molar-refractivity contribution in [1.29, 1.82) is 0 Å². The first-order chi connectivity index (χ1) is 4.79. The van der Waals surface area contributed by atoms with Crippen LogP contribution in [-0.4, -0.2) is 15.8 Å². The van der Waals surface area contributed by atoms with Crippen LogP contribution in [0, 0.1) is 0 Å². The van der Waals surface area contributed by atoms with Gasteiger partial charge in [0.2, 0.25) is 0 Å². The predicted molar refractivity (Wildman–Crippen MR) is 38.3 cm³/mol. The van der Waals surface area contributed by atoms with Crippen molar-refractivity contribution in [3.05, 3.63) is 17.2 Å². The Morgan fingerprint density at radius 2 is 2.60 bits per heavy atom. The summed E-state index contributed by atoms with van der Waals surface area (Å²) in [6.45, 7) is 2.64. The third kappa shape index (κ3) is 1.04. The third-order valence-electron chi connectivity index (χ3n) is 1.28. The highest BCUT2D eigenvalue weighted by Crippen LogP contribution is 2.10. The van der Waals surface area contributed by atoms with Crippen molar-refractivity contribution in [3.8, 4) is 0 Å². The number of aldehydes is 1. The first-order valence-corrected chi connectivity index (χ1v) is 3.33. The zero-order chi connectivity index (χ0) is 7.56. The molecule has 4 heteroatoms. The quantitative estimate of drug-likeness (QED) is 0.610. The molecule has 0 fully saturated rings. The Kier molecular flexibility index (Phi) is 2.06. The van der Waals surface area contributed by atoms with E-state index in [-0.39, 0.29) is 5.15 Å². The average molecular weight is 159 g/mol. The molecule has 10 heavy (non-hydrogen) atoms. The van der Waals surface area contributed by atoms with Gasteiger partial charge < -0.3 is 4.57 Å². The molecule has 0 amide bonds. The molecule has 0 saturated heterocycles. The first kappa shape index (κ1) is 7.28. The molecule has 0 bridgehead atoms. The van der Waals surface area contributed by atoms with Crippen molar-refractivity contribution in [2.75, 3.05) is 0 Å². The number of aryl methyl sites for hydroxylation is 1. The number of rotatable bonds is 2. The fourth-order valence-electron chi connectivity index (χ4n) is 0.736. The summed E-state index contributed by atoms with van der Waals surface area (Å²) in [7, 11) is 0. The van der Waals surface area contributed by atoms with Crippen LogP contribution in [0.5, 0.6) is 0 Å². The normalized spacial score (nSPS) is 9.80. The van der Waals surface area contributed by atoms with E-state index in [9.17, 15) is 4.79 Å². The standard InChI is InChI=1S/C6H7ClN2O/c1-2-9-4-8-6(7)5(9)3-10/h3-4H,2H2,1H3. The molecule has 0 saturated carbocycles. The van der Waals surface area contributed by atoms with E-state index >= 15 is 0 Å². The van der Waals surface area contributed by atoms with Gasteiger partial charge in [0, 0.05) is 6.54 Å². The minimum Gasteiger partial charge on any atom is -0.327 e. The predicted octanol–water partition coefficient (Wildman–Crippen LogP) is 1.37. The lowest BCUT2D eigenvalue weighted by Gasteiger charge is -1.95. The molecule has 0 N–H and O–H groups in total. The largest absolute Gasteiger partial charge is 0.327 e. The molecule has 0 aliphatic rings. The highest BCUT2D eigenvalue weighted by molar-refractivity contribution is 6.31. The fraction of sp³-hybridized carbons (Fsp3) is 0.333. The highest BCUT2D eigenvalue weighted by atomic mass is 35.5. The number of hydrogen-bond acceptors (Lipinski definition) is 2. The van der Waals surface area contributed by atoms with Crippen LogP contribution in [0.25, 0.3) is 0 Å². The number of carbonyl (C=O) groups is 1. The summed E-state index contributed by atoms with van der Waals surface area (Å²) in [5.74, 6) is 0. The smallest absolute Gasteiger partial charge is 0.169 e. The molecule has 0 aliphatic heterocycles. The van der Waals surface area contributed by atoms with Crippen LogP contribution in [0.1, 0.15) is 17.4 Å². The summed E-state index contributed by atoms with van der Waals surface area (Å²) in [6.07, 6.45) is 2.25. The number of aromatic nitrogens is 2. The summed E-state index contributed by atoms with van der Waals surface area (Å²) in [6, 6.07) is 0. The van der Waals surface area contributed by atoms with Crippen LogP contribution >= 0.6 is 11.6 Å². The second-order valence-electron chi connectivity index (χ2n) is 1.82. The zero-order valence-corrected chi connectivity index (χ0v) is 6.30. The van der Waals surface area contributed by atoms with Crippen molar-refractivity contribution in [3.63, 3.8) is 0 Å². The van der Waals surface area contributed by atoms with E-state index in [1.165, 1.54) is 0 Å². The van der Waals surface area contributed by atoms with Gasteiger partial charge in [-0.2, -0.15) is 0 Å². The SMILES string of the molecule is CCn1cnc(Cl)c1C=O. The van der Waals surface area contributed by atoms with Crippen LogP contribution in [0.3, 0.4) is 0 Å². The summed E-state index contributed by atoms with van der Waals surface area (Å²) in [5, 5.41) is 0.275. The van der Waals surface area contributed by atoms with Crippen molar-refractivity contribution in [2.45, 2.75) is 13.5 Å². The lowest BCUT2D eigenvalue weighted by molar-refractivity contribution is 0.111. The Labute approximate surface area is 63.6 Å². The molecule has 3 nitrogen and oxygen atoms in total. The third-order valence-corrected chi connectivity index (χ3v) is 1.57. The maximum atomic E-state index is 10.3. The van der Waals surface area contributed by atoms with Gasteiger partial charge in [-0.25, -0.2) is 4.98 Å². The lowest BCUT2D eigenvalue weighted by atomic mass is 10.5. The maximum Gasteiger partial charge on any atom is 0.169 e. The van der Waals surface area contributed by atoms with E-state index in [0.29, 0.717) is 18.5 Å². The molecule has 1 aromatic heterocycles. The van der Waals surface area contributed by atoms with E-state index in [1.54, 1.807) is 10.9 Å². The van der Waals surface area contributed by atoms with Crippen LogP contribution in [0.4, 0.5) is 0 Å². The van der Waals surface area contributed by atoms with E-state index in [2.05, 4.69) is 4.98 Å². The van der Waals surface area contributed by atoms with Crippen molar-refractivity contribution < 1.29 is 4.79 Å². The van der Waals surface area contributed by atoms with Gasteiger partial charge in [-0.15, -0.1) is 0 Å². The lowest BCUT2D eigenvalue weighted by Crippen LogP contribution is -1.97. The van der Waals surface area contributed by atoms with E-state index < -0.39 is 0 Å². The Balaban J connectivity index is 3.12. The van der Waals surface area contributed by atoms with Gasteiger partial charge in [0.25, 0.3) is 0 Å². The molecule has 0 aliphatic carbocycles. The Hall–Kier alpha value is -0.830. The fourth-order valence-corrected chi connectivity index (χ4v) is 0.932. The zero-order valence-electron chi connectivity index (χ0n) is 5.54. The molecule has 0 atom stereocenters. The van der Waals surface area contributed by atoms with Gasteiger partial charge in [-0.1, -0.05) is 11.6 Å². The van der Waals surface area contributed by atoms with Crippen LogP contribution < -0.4 is 0 Å². The minimum atomic E-state index is 0.275. The Bertz CT molecular complexity index is 244. The highest BCUT2D eigenvalue weighted by Gasteiger charge is 2.04. The molecular formula is C6H7ClN2O. The monoisotopic (exact) mass is 158 g/mol. The first-order valence-electron chi connectivity index (χ1n) is 2.95. The van der Waals surface area contributed by atoms with Gasteiger partial charge in [0.05, 0.1) is 6.33 Å². The molecule has 1 rings (SSSR count). The number of halogens is 1. The minimum absolute atomic E-state index is 0.275. The topological polar surface area (TPSA) is 34.9 Å². The molecule has 54 valence electrons. The number of nitrogens with zero attached hydrogens (tertiary/aromatic N) is 2. The van der Waals surface area contributed by atoms with Crippen LogP contribution in [0.2, 0.25) is 5.15 Å². The molecule has 1 heterocycles. The van der Waals surface area contributed by atoms with Gasteiger partial charge >= 0.3 is 0 Å². The summed E-state index contributed by atoms with van der Waals surface area (Å²) in [4.78, 5) is 14.1. The van der Waals surface area contributed by atoms with Crippen molar-refractivity contribution >= 4 is 17.9 Å². The van der Waals surface area contributed by atoms with E-state index in [0.717, 1.165) is 0 Å². The molecular weight excluding hydrogens is 152 g/mol. The second kappa shape index (κ2) is 2.84. The average Bonchev–Trinajstić information content (AvgIpc) is 2.30. The molecule has 0 spiro atoms. The Morgan fingerprint density at radius 1 is 1.90 bits per heavy atom. The van der Waals surface area contributed by atoms with Gasteiger partial charge in [-0.05, 0) is 6.92 Å². The van der Waals surface area contributed by atoms with E-state index in [1.807, 2.05) is 6.92 Å². The molecule has 0 aromatic carbocycles. The number of carbonyl (C=O) groups excluding carboxylic acids is 1. The number of imidazole rings is 1. The van der Waals surface area contributed by atoms with Gasteiger partial charge in [0.15, 0.2) is 11.4 Å². The maximum absolute atomic E-state index is 10.3. The van der Waals surface area contributed by atoms with Gasteiger partial charge in [0.1, 0.15) is 5.69 Å². The van der Waals surface area contributed by atoms with Crippen molar-refractivity contribution in [1.82, 2.24) is 9.55 Å². The summed E-state index contributed by atoms with van der Waals surface area (Å²) < 4.78 is 1.69. The molecule has 0 unspecified atom stereocenters. The second-order valence-corrected chi connectivity index (χ2v) is 2.18. The summed E-state index contributed by atoms with van der Waals surface area (Å²) >= 11 is 5.56. The van der Waals surface area contributed by atoms with Crippen molar-refractivity contribution in [2.24, 2.45) is 0 Å². The van der Waals surface area contributed by atoms with Crippen LogP contribution in [-0.2, 0) is 6.54 Å². The van der Waals surface area contributed by atoms with Crippen LogP contribution in [0.15, 0.2) is 6.33 Å². The van der Waals surface area contributed by atoms with E-state index in [4.69, 9.17) is 11.6 Å². The number of hydrogen-bond donors (Lipinski definition) is 0. The Morgan fingerprint density at radius 3 is 3.00 bits per heavy atom.